The van der Waals surface area contributed by atoms with E-state index in [1.54, 1.807) is 0 Å². The molecule has 1 unspecified atom stereocenters. The summed E-state index contributed by atoms with van der Waals surface area (Å²) >= 11 is 0. The lowest BCUT2D eigenvalue weighted by molar-refractivity contribution is 0.202. The summed E-state index contributed by atoms with van der Waals surface area (Å²) in [5.74, 6) is 0.728. The summed E-state index contributed by atoms with van der Waals surface area (Å²) in [6.07, 6.45) is 4.42. The predicted octanol–water partition coefficient (Wildman–Crippen LogP) is 4.43. The fourth-order valence-electron chi connectivity index (χ4n) is 3.20. The van der Waals surface area contributed by atoms with Crippen LogP contribution in [0, 0.1) is 29.4 Å². The number of benzene rings is 1. The van der Waals surface area contributed by atoms with E-state index >= 15 is 0 Å². The van der Waals surface area contributed by atoms with Gasteiger partial charge in [-0.2, -0.15) is 0 Å². The van der Waals surface area contributed by atoms with Crippen LogP contribution in [-0.4, -0.2) is 0 Å². The van der Waals surface area contributed by atoms with Crippen LogP contribution in [0.5, 0.6) is 0 Å². The van der Waals surface area contributed by atoms with Gasteiger partial charge in [0.15, 0.2) is 0 Å². The molecular formula is C16H23F2N. The average Bonchev–Trinajstić information content (AvgIpc) is 2.38. The molecular weight excluding hydrogens is 244 g/mol. The highest BCUT2D eigenvalue weighted by Crippen LogP contribution is 2.38. The number of halogens is 2. The summed E-state index contributed by atoms with van der Waals surface area (Å²) in [5, 5.41) is 0. The maximum absolute atomic E-state index is 13.7. The van der Waals surface area contributed by atoms with Crippen molar-refractivity contribution in [2.24, 2.45) is 23.5 Å². The van der Waals surface area contributed by atoms with Crippen LogP contribution in [0.2, 0.25) is 0 Å². The molecule has 1 aromatic carbocycles. The molecule has 3 heteroatoms. The van der Waals surface area contributed by atoms with Gasteiger partial charge in [-0.25, -0.2) is 8.78 Å². The van der Waals surface area contributed by atoms with Gasteiger partial charge in [0.05, 0.1) is 0 Å². The Kier molecular flexibility index (Phi) is 4.56. The van der Waals surface area contributed by atoms with Crippen molar-refractivity contribution in [1.29, 1.82) is 0 Å². The van der Waals surface area contributed by atoms with Crippen molar-refractivity contribution in [2.45, 2.75) is 45.6 Å². The van der Waals surface area contributed by atoms with Crippen molar-refractivity contribution in [3.63, 3.8) is 0 Å². The third kappa shape index (κ3) is 3.33. The van der Waals surface area contributed by atoms with Crippen LogP contribution < -0.4 is 5.73 Å². The number of nitrogens with two attached hydrogens (primary N) is 1. The molecule has 0 radical (unpaired) electrons. The molecule has 1 nitrogen and oxygen atoms in total. The predicted molar refractivity (Wildman–Crippen MR) is 73.6 cm³/mol. The Bertz CT molecular complexity index is 423. The molecule has 19 heavy (non-hydrogen) atoms. The van der Waals surface area contributed by atoms with E-state index in [4.69, 9.17) is 5.73 Å². The summed E-state index contributed by atoms with van der Waals surface area (Å²) in [6, 6.07) is 3.39. The smallest absolute Gasteiger partial charge is 0.130 e. The van der Waals surface area contributed by atoms with E-state index in [1.165, 1.54) is 25.0 Å². The van der Waals surface area contributed by atoms with Gasteiger partial charge in [0, 0.05) is 17.7 Å². The second kappa shape index (κ2) is 6.00. The molecule has 0 amide bonds. The summed E-state index contributed by atoms with van der Waals surface area (Å²) in [4.78, 5) is 0. The third-order valence-electron chi connectivity index (χ3n) is 4.59. The Hall–Kier alpha value is -0.960. The van der Waals surface area contributed by atoms with Crippen molar-refractivity contribution >= 4 is 0 Å². The monoisotopic (exact) mass is 267 g/mol. The van der Waals surface area contributed by atoms with Gasteiger partial charge in [-0.15, -0.1) is 0 Å². The zero-order chi connectivity index (χ0) is 14.0. The first kappa shape index (κ1) is 14.4. The molecule has 0 aromatic heterocycles. The first-order valence-electron chi connectivity index (χ1n) is 7.19. The maximum atomic E-state index is 13.7. The van der Waals surface area contributed by atoms with Crippen LogP contribution in [0.4, 0.5) is 8.78 Å². The zero-order valence-corrected chi connectivity index (χ0v) is 11.7. The van der Waals surface area contributed by atoms with E-state index in [2.05, 4.69) is 13.8 Å². The van der Waals surface area contributed by atoms with Gasteiger partial charge in [0.25, 0.3) is 0 Å². The van der Waals surface area contributed by atoms with Crippen LogP contribution in [0.3, 0.4) is 0 Å². The summed E-state index contributed by atoms with van der Waals surface area (Å²) in [7, 11) is 0. The van der Waals surface area contributed by atoms with Crippen LogP contribution in [0.15, 0.2) is 18.2 Å². The van der Waals surface area contributed by atoms with Crippen molar-refractivity contribution in [3.8, 4) is 0 Å². The highest BCUT2D eigenvalue weighted by molar-refractivity contribution is 5.22. The van der Waals surface area contributed by atoms with Crippen molar-refractivity contribution in [1.82, 2.24) is 0 Å². The Morgan fingerprint density at radius 2 is 1.63 bits per heavy atom. The van der Waals surface area contributed by atoms with E-state index in [9.17, 15) is 8.78 Å². The van der Waals surface area contributed by atoms with Crippen molar-refractivity contribution in [3.05, 3.63) is 35.4 Å². The van der Waals surface area contributed by atoms with Gasteiger partial charge in [-0.1, -0.05) is 19.9 Å². The molecule has 2 rings (SSSR count). The van der Waals surface area contributed by atoms with E-state index < -0.39 is 11.6 Å². The SMILES string of the molecule is CC(C)C1CCC(C(N)c2ccc(F)cc2F)CC1. The normalized spacial score (nSPS) is 25.6. The van der Waals surface area contributed by atoms with E-state index in [1.807, 2.05) is 0 Å². The minimum absolute atomic E-state index is 0.311. The van der Waals surface area contributed by atoms with E-state index in [0.717, 1.165) is 24.8 Å². The lowest BCUT2D eigenvalue weighted by atomic mass is 9.73. The fraction of sp³-hybridized carbons (Fsp3) is 0.625. The van der Waals surface area contributed by atoms with Crippen LogP contribution in [-0.2, 0) is 0 Å². The number of hydrogen-bond acceptors (Lipinski definition) is 1. The average molecular weight is 267 g/mol. The van der Waals surface area contributed by atoms with Gasteiger partial charge < -0.3 is 5.73 Å². The van der Waals surface area contributed by atoms with Crippen LogP contribution in [0.25, 0.3) is 0 Å². The van der Waals surface area contributed by atoms with Gasteiger partial charge >= 0.3 is 0 Å². The first-order valence-corrected chi connectivity index (χ1v) is 7.19. The van der Waals surface area contributed by atoms with Crippen molar-refractivity contribution < 1.29 is 8.78 Å². The second-order valence-corrected chi connectivity index (χ2v) is 6.11. The number of rotatable bonds is 3. The molecule has 1 aromatic rings. The highest BCUT2D eigenvalue weighted by atomic mass is 19.1. The second-order valence-electron chi connectivity index (χ2n) is 6.11. The minimum Gasteiger partial charge on any atom is -0.324 e. The topological polar surface area (TPSA) is 26.0 Å². The largest absolute Gasteiger partial charge is 0.324 e. The zero-order valence-electron chi connectivity index (χ0n) is 11.7. The molecule has 0 spiro atoms. The lowest BCUT2D eigenvalue weighted by Gasteiger charge is -2.34. The van der Waals surface area contributed by atoms with Crippen molar-refractivity contribution in [2.75, 3.05) is 0 Å². The highest BCUT2D eigenvalue weighted by Gasteiger charge is 2.28. The van der Waals surface area contributed by atoms with Gasteiger partial charge in [-0.3, -0.25) is 0 Å². The Morgan fingerprint density at radius 1 is 1.05 bits per heavy atom. The minimum atomic E-state index is -0.544. The quantitative estimate of drug-likeness (QED) is 0.861. The summed E-state index contributed by atoms with van der Waals surface area (Å²) in [5.41, 5.74) is 6.63. The summed E-state index contributed by atoms with van der Waals surface area (Å²) < 4.78 is 26.7. The molecule has 1 atom stereocenters. The summed E-state index contributed by atoms with van der Waals surface area (Å²) in [6.45, 7) is 4.51. The molecule has 2 N–H and O–H groups in total. The van der Waals surface area contributed by atoms with E-state index in [-0.39, 0.29) is 6.04 Å². The van der Waals surface area contributed by atoms with E-state index in [0.29, 0.717) is 17.4 Å². The molecule has 1 saturated carbocycles. The molecule has 0 heterocycles. The Balaban J connectivity index is 2.03. The molecule has 0 bridgehead atoms. The molecule has 0 aliphatic heterocycles. The maximum Gasteiger partial charge on any atom is 0.130 e. The lowest BCUT2D eigenvalue weighted by Crippen LogP contribution is -2.28. The van der Waals surface area contributed by atoms with Gasteiger partial charge in [-0.05, 0) is 49.5 Å². The molecule has 1 aliphatic carbocycles. The van der Waals surface area contributed by atoms with Crippen LogP contribution >= 0.6 is 0 Å². The third-order valence-corrected chi connectivity index (χ3v) is 4.59. The standard InChI is InChI=1S/C16H23F2N/c1-10(2)11-3-5-12(6-4-11)16(19)14-8-7-13(17)9-15(14)18/h7-12,16H,3-6,19H2,1-2H3. The van der Waals surface area contributed by atoms with Crippen LogP contribution in [0.1, 0.15) is 51.1 Å². The first-order chi connectivity index (χ1) is 8.99. The molecule has 106 valence electrons. The Morgan fingerprint density at radius 3 is 2.16 bits per heavy atom. The molecule has 1 fully saturated rings. The van der Waals surface area contributed by atoms with Gasteiger partial charge in [0.1, 0.15) is 11.6 Å². The van der Waals surface area contributed by atoms with Gasteiger partial charge in [0.2, 0.25) is 0 Å². The molecule has 0 saturated heterocycles. The Labute approximate surface area is 114 Å². The molecule has 1 aliphatic rings. The number of hydrogen-bond donors (Lipinski definition) is 1. The fourth-order valence-corrected chi connectivity index (χ4v) is 3.20.